The Morgan fingerprint density at radius 1 is 0.649 bits per heavy atom. The second-order valence-electron chi connectivity index (χ2n) is 16.7. The molecule has 0 saturated carbocycles. The number of anilines is 2. The van der Waals surface area contributed by atoms with Gasteiger partial charge in [-0.1, -0.05) is 5.92 Å². The van der Waals surface area contributed by atoms with E-state index in [9.17, 15) is 28.8 Å². The van der Waals surface area contributed by atoms with E-state index < -0.39 is 30.0 Å². The first-order chi connectivity index (χ1) is 36.8. The monoisotopic (exact) mass is 1060 g/mol. The van der Waals surface area contributed by atoms with Crippen molar-refractivity contribution in [3.05, 3.63) is 119 Å². The second kappa shape index (κ2) is 33.4. The molecule has 1 unspecified atom stereocenters. The zero-order chi connectivity index (χ0) is 56.7. The van der Waals surface area contributed by atoms with Crippen LogP contribution in [-0.4, -0.2) is 111 Å². The van der Waals surface area contributed by atoms with Gasteiger partial charge < -0.3 is 68.0 Å². The van der Waals surface area contributed by atoms with E-state index in [1.54, 1.807) is 91.5 Å². The number of benzene rings is 4. The van der Waals surface area contributed by atoms with Crippen molar-refractivity contribution in [2.45, 2.75) is 77.3 Å². The lowest BCUT2D eigenvalue weighted by molar-refractivity contribution is -0.144. The summed E-state index contributed by atoms with van der Waals surface area (Å²) in [7, 11) is 0. The summed E-state index contributed by atoms with van der Waals surface area (Å²) in [5.74, 6) is 2.01. The highest BCUT2D eigenvalue weighted by Gasteiger charge is 2.33. The zero-order valence-corrected chi connectivity index (χ0v) is 43.2. The maximum absolute atomic E-state index is 12.5. The molecule has 410 valence electrons. The van der Waals surface area contributed by atoms with Gasteiger partial charge in [-0.25, -0.2) is 4.79 Å². The number of carbonyl (C=O) groups excluding carboxylic acids is 6. The van der Waals surface area contributed by atoms with Gasteiger partial charge in [-0.15, -0.1) is 6.42 Å². The van der Waals surface area contributed by atoms with E-state index in [2.05, 4.69) is 27.2 Å². The molecule has 77 heavy (non-hydrogen) atoms. The van der Waals surface area contributed by atoms with Gasteiger partial charge >= 0.3 is 18.0 Å². The molecule has 0 spiro atoms. The van der Waals surface area contributed by atoms with E-state index in [1.807, 2.05) is 24.3 Å². The number of terminal acetylenes is 1. The van der Waals surface area contributed by atoms with Crippen molar-refractivity contribution in [1.29, 1.82) is 21.6 Å². The fourth-order valence-corrected chi connectivity index (χ4v) is 6.82. The number of esters is 2. The van der Waals surface area contributed by atoms with Crippen LogP contribution in [0.4, 0.5) is 16.2 Å². The number of amides is 5. The molecular weight excluding hydrogens is 991 g/mol. The third kappa shape index (κ3) is 23.5. The van der Waals surface area contributed by atoms with Crippen molar-refractivity contribution < 1.29 is 47.7 Å². The Hall–Kier alpha value is -9.46. The molecule has 2 atom stereocenters. The van der Waals surface area contributed by atoms with Crippen LogP contribution in [0.2, 0.25) is 0 Å². The summed E-state index contributed by atoms with van der Waals surface area (Å²) in [5.41, 5.74) is 25.3. The summed E-state index contributed by atoms with van der Waals surface area (Å²) in [6.07, 6.45) is 8.51. The van der Waals surface area contributed by atoms with Crippen LogP contribution in [0.5, 0.6) is 11.5 Å². The van der Waals surface area contributed by atoms with Crippen LogP contribution in [-0.2, 0) is 33.4 Å². The Labute approximate surface area is 447 Å². The Kier molecular flexibility index (Phi) is 26.8. The van der Waals surface area contributed by atoms with E-state index in [0.29, 0.717) is 66.4 Å². The van der Waals surface area contributed by atoms with Crippen LogP contribution in [0.1, 0.15) is 87.5 Å². The summed E-state index contributed by atoms with van der Waals surface area (Å²) in [6.45, 7) is 5.83. The normalized spacial score (nSPS) is 12.5. The third-order valence-corrected chi connectivity index (χ3v) is 10.8. The van der Waals surface area contributed by atoms with Gasteiger partial charge in [0.2, 0.25) is 17.7 Å². The largest absolute Gasteiger partial charge is 0.494 e. The lowest BCUT2D eigenvalue weighted by Gasteiger charge is -2.17. The lowest BCUT2D eigenvalue weighted by Crippen LogP contribution is -2.46. The predicted molar refractivity (Wildman–Crippen MR) is 293 cm³/mol. The molecule has 1 fully saturated rings. The summed E-state index contributed by atoms with van der Waals surface area (Å²) in [5, 5.41) is 39.7. The molecule has 16 N–H and O–H groups in total. The molecule has 4 aromatic carbocycles. The summed E-state index contributed by atoms with van der Waals surface area (Å²) >= 11 is 0. The second-order valence-corrected chi connectivity index (χ2v) is 16.7. The number of unbranched alkanes of at least 4 members (excludes halogenated alkanes) is 2. The Morgan fingerprint density at radius 2 is 1.10 bits per heavy atom. The SMILES string of the molecule is C#CC(CC(=O)OCC)NC(=O)CCC(=O)Nc1ccc(C(=N)N)cc1.CCOC(=O)CCNC(=O)N[C@H]1CCN(c2ccc(C(=N)N)cc2)C1=O.N=C(N)c1ccc(OCCCCCOc2ccc(C(=N)N)cc2)cc1. The van der Waals surface area contributed by atoms with Crippen molar-refractivity contribution >= 4 is 70.4 Å². The molecule has 0 aliphatic carbocycles. The van der Waals surface area contributed by atoms with Crippen LogP contribution < -0.4 is 58.6 Å². The number of nitrogens with two attached hydrogens (primary N) is 4. The Bertz CT molecular complexity index is 2610. The molecule has 5 amide bonds. The maximum atomic E-state index is 12.5. The van der Waals surface area contributed by atoms with Crippen molar-refractivity contribution in [2.75, 3.05) is 49.7 Å². The van der Waals surface area contributed by atoms with Crippen molar-refractivity contribution in [2.24, 2.45) is 22.9 Å². The summed E-state index contributed by atoms with van der Waals surface area (Å²) in [4.78, 5) is 72.2. The molecule has 23 heteroatoms. The zero-order valence-electron chi connectivity index (χ0n) is 43.2. The van der Waals surface area contributed by atoms with Gasteiger partial charge in [0.25, 0.3) is 0 Å². The summed E-state index contributed by atoms with van der Waals surface area (Å²) in [6, 6.07) is 25.8. The number of rotatable bonds is 26. The number of ether oxygens (including phenoxy) is 4. The minimum atomic E-state index is -0.774. The van der Waals surface area contributed by atoms with Crippen molar-refractivity contribution in [3.8, 4) is 23.8 Å². The first kappa shape index (κ1) is 61.8. The van der Waals surface area contributed by atoms with Gasteiger partial charge in [-0.3, -0.25) is 45.6 Å². The van der Waals surface area contributed by atoms with Gasteiger partial charge in [-0.05, 0) is 137 Å². The minimum absolute atomic E-state index is 0.0386. The quantitative estimate of drug-likeness (QED) is 0.0139. The third-order valence-electron chi connectivity index (χ3n) is 10.8. The topological polar surface area (TPSA) is 390 Å². The number of nitrogens with one attached hydrogen (secondary N) is 8. The van der Waals surface area contributed by atoms with Crippen LogP contribution >= 0.6 is 0 Å². The predicted octanol–water partition coefficient (Wildman–Crippen LogP) is 3.97. The molecule has 1 aliphatic rings. The molecule has 23 nitrogen and oxygen atoms in total. The highest BCUT2D eigenvalue weighted by Crippen LogP contribution is 2.22. The first-order valence-electron chi connectivity index (χ1n) is 24.6. The fourth-order valence-electron chi connectivity index (χ4n) is 6.82. The minimum Gasteiger partial charge on any atom is -0.494 e. The van der Waals surface area contributed by atoms with Crippen LogP contribution in [0.25, 0.3) is 0 Å². The highest BCUT2D eigenvalue weighted by molar-refractivity contribution is 6.02. The molecule has 5 rings (SSSR count). The van der Waals surface area contributed by atoms with Crippen molar-refractivity contribution in [3.63, 3.8) is 0 Å². The number of nitrogens with zero attached hydrogens (tertiary/aromatic N) is 1. The van der Waals surface area contributed by atoms with E-state index in [0.717, 1.165) is 30.8 Å². The molecule has 1 heterocycles. The molecule has 1 saturated heterocycles. The number of carbonyl (C=O) groups is 6. The van der Waals surface area contributed by atoms with Crippen molar-refractivity contribution in [1.82, 2.24) is 16.0 Å². The van der Waals surface area contributed by atoms with Gasteiger partial charge in [0.05, 0.1) is 39.3 Å². The van der Waals surface area contributed by atoms with E-state index >= 15 is 0 Å². The van der Waals surface area contributed by atoms with Gasteiger partial charge in [0.1, 0.15) is 46.9 Å². The van der Waals surface area contributed by atoms with Crippen LogP contribution in [0, 0.1) is 34.0 Å². The lowest BCUT2D eigenvalue weighted by atomic mass is 10.2. The van der Waals surface area contributed by atoms with Gasteiger partial charge in [0, 0.05) is 59.6 Å². The maximum Gasteiger partial charge on any atom is 0.315 e. The fraction of sp³-hybridized carbons (Fsp3) is 0.333. The standard InChI is InChI=1S/C19H24N4O2.C18H22N4O4.C17H23N5O4/c20-18(21)14-4-8-16(9-5-14)24-12-2-1-3-13-25-17-10-6-15(7-11-17)19(22)23;1-3-13(11-17(25)26-4-2)21-15(23)9-10-16(24)22-14-7-5-12(6-8-14)18(19)20;1-2-26-14(23)7-9-20-17(25)21-13-8-10-22(16(13)24)12-5-3-11(4-6-12)15(18)19/h4-11H,1-3,12-13H2,(H3,20,21)(H3,22,23);1,5-8,13H,4,9-11H2,2H3,(H3,19,20)(H,21,23)(H,22,24);3-6,13H,2,7-10H2,1H3,(H3,18,19)(H2,20,21,25)/t;;13-/m..0/s1. The number of nitrogen functional groups attached to an aromatic ring is 4. The number of hydrogen-bond donors (Lipinski definition) is 12. The highest BCUT2D eigenvalue weighted by atomic mass is 16.5. The number of hydrogen-bond acceptors (Lipinski definition) is 14. The molecule has 0 aromatic heterocycles. The molecule has 0 radical (unpaired) electrons. The smallest absolute Gasteiger partial charge is 0.315 e. The average Bonchev–Trinajstić information content (AvgIpc) is 3.77. The molecule has 4 aromatic rings. The van der Waals surface area contributed by atoms with E-state index in [1.165, 1.54) is 0 Å². The Balaban J connectivity index is 0.000000304. The molecule has 1 aliphatic heterocycles. The Morgan fingerprint density at radius 3 is 1.57 bits per heavy atom. The summed E-state index contributed by atoms with van der Waals surface area (Å²) < 4.78 is 20.9. The van der Waals surface area contributed by atoms with E-state index in [-0.39, 0.29) is 80.0 Å². The first-order valence-corrected chi connectivity index (χ1v) is 24.6. The van der Waals surface area contributed by atoms with Gasteiger partial charge in [-0.2, -0.15) is 0 Å². The average molecular weight is 1060 g/mol. The molecule has 0 bridgehead atoms. The van der Waals surface area contributed by atoms with Crippen LogP contribution in [0.3, 0.4) is 0 Å². The number of urea groups is 1. The molecular formula is C54H69N13O10. The van der Waals surface area contributed by atoms with E-state index in [4.69, 9.17) is 69.9 Å². The van der Waals surface area contributed by atoms with Crippen LogP contribution in [0.15, 0.2) is 97.1 Å². The number of amidine groups is 4. The van der Waals surface area contributed by atoms with Gasteiger partial charge in [0.15, 0.2) is 0 Å².